The van der Waals surface area contributed by atoms with Crippen molar-refractivity contribution in [3.8, 4) is 0 Å². The lowest BCUT2D eigenvalue weighted by atomic mass is 10.1. The van der Waals surface area contributed by atoms with Gasteiger partial charge >= 0.3 is 6.03 Å². The predicted molar refractivity (Wildman–Crippen MR) is 153 cm³/mol. The van der Waals surface area contributed by atoms with Crippen molar-refractivity contribution in [3.63, 3.8) is 0 Å². The molecule has 0 saturated carbocycles. The van der Waals surface area contributed by atoms with Crippen LogP contribution >= 0.6 is 21.6 Å². The molecule has 0 radical (unpaired) electrons. The van der Waals surface area contributed by atoms with E-state index in [0.717, 1.165) is 11.5 Å². The third kappa shape index (κ3) is 6.69. The molecule has 0 unspecified atom stereocenters. The average Bonchev–Trinajstić information content (AvgIpc) is 3.39. The summed E-state index contributed by atoms with van der Waals surface area (Å²) < 4.78 is 0. The molecule has 1 aliphatic rings. The highest BCUT2D eigenvalue weighted by Crippen LogP contribution is 2.26. The molecule has 10 nitrogen and oxygen atoms in total. The number of amides is 4. The Morgan fingerprint density at radius 3 is 2.34 bits per heavy atom. The zero-order valence-electron chi connectivity index (χ0n) is 20.8. The van der Waals surface area contributed by atoms with Crippen LogP contribution in [0, 0.1) is 0 Å². The first-order valence-corrected chi connectivity index (χ1v) is 14.8. The summed E-state index contributed by atoms with van der Waals surface area (Å²) in [5.74, 6) is 0.278. The number of nitrogens with zero attached hydrogens (tertiary/aromatic N) is 2. The Morgan fingerprint density at radius 2 is 1.61 bits per heavy atom. The summed E-state index contributed by atoms with van der Waals surface area (Å²) >= 11 is 0. The van der Waals surface area contributed by atoms with Crippen molar-refractivity contribution in [1.29, 1.82) is 0 Å². The molecule has 200 valence electrons. The van der Waals surface area contributed by atoms with E-state index in [1.165, 1.54) is 11.1 Å². The Labute approximate surface area is 228 Å². The van der Waals surface area contributed by atoms with Gasteiger partial charge in [-0.2, -0.15) is 0 Å². The van der Waals surface area contributed by atoms with E-state index in [1.54, 1.807) is 56.8 Å². The fraction of sp³-hybridized carbons (Fsp3) is 0.308. The normalized spacial score (nSPS) is 13.4. The molecule has 1 aliphatic heterocycles. The molecule has 0 bridgehead atoms. The highest BCUT2D eigenvalue weighted by atomic mass is 33.1. The van der Waals surface area contributed by atoms with Crippen LogP contribution in [0.4, 0.5) is 10.5 Å². The number of Topliss-reactive ketones (excluding diaryl/α,β-unsaturated/α-hetero) is 1. The minimum atomic E-state index is -0.632. The minimum Gasteiger partial charge on any atom is -0.359 e. The van der Waals surface area contributed by atoms with Crippen molar-refractivity contribution in [3.05, 3.63) is 65.9 Å². The van der Waals surface area contributed by atoms with E-state index in [2.05, 4.69) is 15.6 Å². The zero-order valence-corrected chi connectivity index (χ0v) is 22.4. The van der Waals surface area contributed by atoms with Crippen LogP contribution in [0.2, 0.25) is 0 Å². The quantitative estimate of drug-likeness (QED) is 0.131. The largest absolute Gasteiger partial charge is 0.359 e. The van der Waals surface area contributed by atoms with Crippen molar-refractivity contribution in [2.24, 2.45) is 5.73 Å². The maximum atomic E-state index is 13.1. The number of nitrogens with two attached hydrogens (primary N) is 1. The number of carbonyl (C=O) groups is 4. The third-order valence-corrected chi connectivity index (χ3v) is 8.47. The third-order valence-electron chi connectivity index (χ3n) is 6.03. The molecule has 2 heterocycles. The minimum absolute atomic E-state index is 0.0889. The van der Waals surface area contributed by atoms with Gasteiger partial charge < -0.3 is 31.2 Å². The summed E-state index contributed by atoms with van der Waals surface area (Å²) in [6, 6.07) is 13.8. The molecule has 5 N–H and O–H groups in total. The molecule has 4 rings (SSSR count). The van der Waals surface area contributed by atoms with Gasteiger partial charge in [0.05, 0.1) is 16.8 Å². The topological polar surface area (TPSA) is 141 Å². The number of hydrogen-bond donors (Lipinski definition) is 4. The van der Waals surface area contributed by atoms with Crippen LogP contribution in [0.3, 0.4) is 0 Å². The van der Waals surface area contributed by atoms with Crippen molar-refractivity contribution in [2.45, 2.75) is 0 Å². The van der Waals surface area contributed by atoms with E-state index < -0.39 is 11.7 Å². The number of ketones is 1. The molecule has 1 aromatic heterocycles. The van der Waals surface area contributed by atoms with Gasteiger partial charge in [0.25, 0.3) is 17.6 Å². The van der Waals surface area contributed by atoms with Crippen LogP contribution in [0.25, 0.3) is 10.9 Å². The Morgan fingerprint density at radius 1 is 0.895 bits per heavy atom. The fourth-order valence-electron chi connectivity index (χ4n) is 4.12. The molecular formula is C26H30N6O4S2. The number of nitrogens with one attached hydrogen (secondary N) is 3. The lowest BCUT2D eigenvalue weighted by Crippen LogP contribution is -2.52. The van der Waals surface area contributed by atoms with E-state index >= 15 is 0 Å². The Balaban J connectivity index is 1.34. The zero-order chi connectivity index (χ0) is 26.9. The van der Waals surface area contributed by atoms with E-state index in [-0.39, 0.29) is 30.6 Å². The summed E-state index contributed by atoms with van der Waals surface area (Å²) in [6.07, 6.45) is 1.49. The molecule has 1 saturated heterocycles. The van der Waals surface area contributed by atoms with E-state index in [9.17, 15) is 19.2 Å². The Kier molecular flexibility index (Phi) is 9.68. The molecule has 0 aliphatic carbocycles. The number of aromatic amines is 1. The number of fused-ring (bicyclic) bond motifs is 1. The number of para-hydroxylation sites is 1. The molecule has 38 heavy (non-hydrogen) atoms. The van der Waals surface area contributed by atoms with Gasteiger partial charge in [0.2, 0.25) is 0 Å². The number of aromatic nitrogens is 1. The second-order valence-electron chi connectivity index (χ2n) is 8.52. The molecule has 12 heteroatoms. The molecule has 3 aromatic rings. The molecule has 1 fully saturated rings. The predicted octanol–water partition coefficient (Wildman–Crippen LogP) is 2.80. The molecule has 4 amide bonds. The van der Waals surface area contributed by atoms with Gasteiger partial charge in [-0.1, -0.05) is 51.9 Å². The highest BCUT2D eigenvalue weighted by Gasteiger charge is 2.30. The first-order chi connectivity index (χ1) is 18.5. The number of piperazine rings is 1. The summed E-state index contributed by atoms with van der Waals surface area (Å²) in [6.45, 7) is 2.39. The summed E-state index contributed by atoms with van der Waals surface area (Å²) in [7, 11) is 3.31. The standard InChI is InChI=1S/C26H30N6O4S2/c27-9-15-37-38-16-10-28-26(36)30-21-8-4-7-19-20(17-29-22(19)21)23(33)25(35)32-13-11-31(12-14-32)24(34)18-5-2-1-3-6-18/h1-8,17,29H,9-16,27H2,(H2,28,30,36). The van der Waals surface area contributed by atoms with Crippen LogP contribution in [-0.4, -0.2) is 89.2 Å². The van der Waals surface area contributed by atoms with Gasteiger partial charge in [0.15, 0.2) is 0 Å². The number of hydrogen-bond acceptors (Lipinski definition) is 7. The van der Waals surface area contributed by atoms with Gasteiger partial charge in [-0.25, -0.2) is 4.79 Å². The van der Waals surface area contributed by atoms with Crippen LogP contribution < -0.4 is 16.4 Å². The summed E-state index contributed by atoms with van der Waals surface area (Å²) in [4.78, 5) is 57.4. The lowest BCUT2D eigenvalue weighted by Gasteiger charge is -2.34. The molecule has 2 aromatic carbocycles. The SMILES string of the molecule is NCCSSCCNC(=O)Nc1cccc2c(C(=O)C(=O)N3CCN(C(=O)c4ccccc4)CC3)c[nH]c12. The monoisotopic (exact) mass is 554 g/mol. The van der Waals surface area contributed by atoms with Crippen molar-refractivity contribution < 1.29 is 19.2 Å². The van der Waals surface area contributed by atoms with Gasteiger partial charge in [-0.05, 0) is 18.2 Å². The fourth-order valence-corrected chi connectivity index (χ4v) is 5.88. The van der Waals surface area contributed by atoms with Crippen LogP contribution in [-0.2, 0) is 4.79 Å². The maximum Gasteiger partial charge on any atom is 0.319 e. The van der Waals surface area contributed by atoms with Gasteiger partial charge in [-0.15, -0.1) is 0 Å². The number of H-pyrrole nitrogens is 1. The van der Waals surface area contributed by atoms with Crippen molar-refractivity contribution >= 4 is 61.8 Å². The summed E-state index contributed by atoms with van der Waals surface area (Å²) in [5.41, 5.74) is 7.36. The number of benzene rings is 2. The Bertz CT molecular complexity index is 1290. The van der Waals surface area contributed by atoms with E-state index in [0.29, 0.717) is 48.3 Å². The number of carbonyl (C=O) groups excluding carboxylic acids is 4. The van der Waals surface area contributed by atoms with Gasteiger partial charge in [0.1, 0.15) is 0 Å². The number of anilines is 1. The molecule has 0 atom stereocenters. The van der Waals surface area contributed by atoms with Crippen LogP contribution in [0.5, 0.6) is 0 Å². The maximum absolute atomic E-state index is 13.1. The average molecular weight is 555 g/mol. The number of urea groups is 1. The van der Waals surface area contributed by atoms with Crippen LogP contribution in [0.15, 0.2) is 54.7 Å². The van der Waals surface area contributed by atoms with E-state index in [4.69, 9.17) is 5.73 Å². The lowest BCUT2D eigenvalue weighted by molar-refractivity contribution is -0.127. The summed E-state index contributed by atoms with van der Waals surface area (Å²) in [5, 5.41) is 6.15. The first-order valence-electron chi connectivity index (χ1n) is 12.3. The van der Waals surface area contributed by atoms with Crippen molar-refractivity contribution in [2.75, 3.05) is 56.1 Å². The highest BCUT2D eigenvalue weighted by molar-refractivity contribution is 8.76. The Hall–Kier alpha value is -3.48. The second-order valence-corrected chi connectivity index (χ2v) is 11.2. The first kappa shape index (κ1) is 27.6. The second kappa shape index (κ2) is 13.4. The molecular weight excluding hydrogens is 524 g/mol. The van der Waals surface area contributed by atoms with E-state index in [1.807, 2.05) is 18.2 Å². The van der Waals surface area contributed by atoms with Gasteiger partial charge in [0, 0.05) is 67.9 Å². The van der Waals surface area contributed by atoms with Crippen molar-refractivity contribution in [1.82, 2.24) is 20.1 Å². The smallest absolute Gasteiger partial charge is 0.319 e. The van der Waals surface area contributed by atoms with Gasteiger partial charge in [-0.3, -0.25) is 14.4 Å². The molecule has 0 spiro atoms. The van der Waals surface area contributed by atoms with Crippen LogP contribution in [0.1, 0.15) is 20.7 Å². The number of rotatable bonds is 10.